The van der Waals surface area contributed by atoms with Gasteiger partial charge in [0, 0.05) is 16.8 Å². The number of carboxylic acids is 1. The predicted molar refractivity (Wildman–Crippen MR) is 147 cm³/mol. The van der Waals surface area contributed by atoms with Crippen LogP contribution in [-0.2, 0) is 0 Å². The fraction of sp³-hybridized carbons (Fsp3) is 0. The number of anilines is 3. The molecule has 0 fully saturated rings. The minimum Gasteiger partial charge on any atom is -0.478 e. The number of hydrogen-bond acceptors (Lipinski definition) is 3. The van der Waals surface area contributed by atoms with Crippen molar-refractivity contribution >= 4 is 39.7 Å². The van der Waals surface area contributed by atoms with Crippen molar-refractivity contribution in [2.75, 3.05) is 10.6 Å². The van der Waals surface area contributed by atoms with Crippen molar-refractivity contribution in [3.63, 3.8) is 0 Å². The number of hydrogen-bond donors (Lipinski definition) is 3. The van der Waals surface area contributed by atoms with Crippen LogP contribution >= 0.6 is 0 Å². The molecule has 0 spiro atoms. The second-order valence-corrected chi connectivity index (χ2v) is 8.37. The topological polar surface area (TPSA) is 78.4 Å². The predicted octanol–water partition coefficient (Wildman–Crippen LogP) is 6.93. The minimum atomic E-state index is -1.12. The molecule has 0 unspecified atom stereocenters. The van der Waals surface area contributed by atoms with Gasteiger partial charge in [0.25, 0.3) is 5.91 Å². The van der Waals surface area contributed by atoms with Gasteiger partial charge in [0.15, 0.2) is 0 Å². The summed E-state index contributed by atoms with van der Waals surface area (Å²) in [6.07, 6.45) is 0. The minimum absolute atomic E-state index is 0.0231. The average molecular weight is 483 g/mol. The smallest absolute Gasteiger partial charge is 0.337 e. The number of rotatable bonds is 5. The van der Waals surface area contributed by atoms with Crippen LogP contribution in [0.15, 0.2) is 115 Å². The number of para-hydroxylation sites is 1. The molecule has 0 radical (unpaired) electrons. The lowest BCUT2D eigenvalue weighted by molar-refractivity contribution is 0.0698. The van der Waals surface area contributed by atoms with Crippen molar-refractivity contribution in [2.24, 2.45) is 0 Å². The average Bonchev–Trinajstić information content (AvgIpc) is 2.92. The summed E-state index contributed by atoms with van der Waals surface area (Å²) in [6.45, 7) is 0. The van der Waals surface area contributed by atoms with E-state index >= 15 is 0 Å². The SMILES string of the molecule is O=C(O)c1cc2ccccc2cc1NC(=O)c1ccc(C#Cc2ccccc2)cc1Nc1ccccc1. The Morgan fingerprint density at radius 2 is 1.22 bits per heavy atom. The first-order valence-corrected chi connectivity index (χ1v) is 11.7. The van der Waals surface area contributed by atoms with E-state index < -0.39 is 11.9 Å². The van der Waals surface area contributed by atoms with Gasteiger partial charge in [0.2, 0.25) is 0 Å². The summed E-state index contributed by atoms with van der Waals surface area (Å²) in [6, 6.07) is 35.1. The van der Waals surface area contributed by atoms with E-state index in [1.165, 1.54) is 0 Å². The van der Waals surface area contributed by atoms with E-state index in [1.54, 1.807) is 24.3 Å². The summed E-state index contributed by atoms with van der Waals surface area (Å²) in [5, 5.41) is 17.5. The first-order chi connectivity index (χ1) is 18.1. The van der Waals surface area contributed by atoms with Crippen molar-refractivity contribution in [3.8, 4) is 11.8 Å². The van der Waals surface area contributed by atoms with E-state index in [1.807, 2.05) is 91.0 Å². The molecule has 0 aliphatic rings. The number of nitrogens with one attached hydrogen (secondary N) is 2. The second-order valence-electron chi connectivity index (χ2n) is 8.37. The van der Waals surface area contributed by atoms with Gasteiger partial charge in [0.05, 0.1) is 22.5 Å². The lowest BCUT2D eigenvalue weighted by Gasteiger charge is -2.15. The highest BCUT2D eigenvalue weighted by molar-refractivity contribution is 6.12. The van der Waals surface area contributed by atoms with Crippen LogP contribution in [0.25, 0.3) is 10.8 Å². The van der Waals surface area contributed by atoms with Crippen molar-refractivity contribution in [2.45, 2.75) is 0 Å². The second kappa shape index (κ2) is 10.5. The molecule has 0 aromatic heterocycles. The summed E-state index contributed by atoms with van der Waals surface area (Å²) < 4.78 is 0. The van der Waals surface area contributed by atoms with Crippen LogP contribution in [-0.4, -0.2) is 17.0 Å². The maximum Gasteiger partial charge on any atom is 0.337 e. The third kappa shape index (κ3) is 5.50. The molecule has 1 amide bonds. The summed E-state index contributed by atoms with van der Waals surface area (Å²) in [5.41, 5.74) is 3.60. The van der Waals surface area contributed by atoms with Gasteiger partial charge in [-0.15, -0.1) is 0 Å². The molecule has 5 rings (SSSR count). The van der Waals surface area contributed by atoms with E-state index in [-0.39, 0.29) is 11.3 Å². The van der Waals surface area contributed by atoms with Gasteiger partial charge in [0.1, 0.15) is 0 Å². The van der Waals surface area contributed by atoms with Crippen molar-refractivity contribution in [3.05, 3.63) is 138 Å². The van der Waals surface area contributed by atoms with E-state index in [0.29, 0.717) is 11.3 Å². The van der Waals surface area contributed by atoms with Gasteiger partial charge in [-0.2, -0.15) is 0 Å². The molecule has 178 valence electrons. The molecule has 0 aliphatic heterocycles. The Bertz CT molecular complexity index is 1670. The van der Waals surface area contributed by atoms with Crippen molar-refractivity contribution in [1.29, 1.82) is 0 Å². The van der Waals surface area contributed by atoms with Gasteiger partial charge in [-0.05, 0) is 65.4 Å². The Balaban J connectivity index is 1.52. The molecule has 0 bridgehead atoms. The molecule has 0 atom stereocenters. The molecule has 5 aromatic rings. The highest BCUT2D eigenvalue weighted by atomic mass is 16.4. The molecule has 5 heteroatoms. The van der Waals surface area contributed by atoms with Crippen molar-refractivity contribution in [1.82, 2.24) is 0 Å². The van der Waals surface area contributed by atoms with Crippen LogP contribution < -0.4 is 10.6 Å². The first-order valence-electron chi connectivity index (χ1n) is 11.7. The van der Waals surface area contributed by atoms with E-state index in [0.717, 1.165) is 27.6 Å². The molecule has 5 nitrogen and oxygen atoms in total. The number of benzene rings is 5. The van der Waals surface area contributed by atoms with Gasteiger partial charge >= 0.3 is 5.97 Å². The molecule has 0 heterocycles. The van der Waals surface area contributed by atoms with Crippen LogP contribution in [0.5, 0.6) is 0 Å². The highest BCUT2D eigenvalue weighted by Crippen LogP contribution is 2.27. The van der Waals surface area contributed by atoms with Gasteiger partial charge in [-0.3, -0.25) is 4.79 Å². The number of carbonyl (C=O) groups excluding carboxylic acids is 1. The zero-order valence-electron chi connectivity index (χ0n) is 19.7. The standard InChI is InChI=1S/C32H22N2O3/c35-31(34-30-21-25-12-8-7-11-24(25)20-28(30)32(36)37)27-18-17-23(16-15-22-9-3-1-4-10-22)19-29(27)33-26-13-5-2-6-14-26/h1-14,17-21,33H,(H,34,35)(H,36,37). The maximum atomic E-state index is 13.4. The molecular weight excluding hydrogens is 460 g/mol. The zero-order valence-corrected chi connectivity index (χ0v) is 19.7. The molecule has 0 aliphatic carbocycles. The Morgan fingerprint density at radius 3 is 1.92 bits per heavy atom. The van der Waals surface area contributed by atoms with Gasteiger partial charge < -0.3 is 15.7 Å². The number of carboxylic acid groups (broad SMARTS) is 1. The van der Waals surface area contributed by atoms with Crippen LogP contribution in [0.3, 0.4) is 0 Å². The molecule has 0 saturated heterocycles. The maximum absolute atomic E-state index is 13.4. The Morgan fingerprint density at radius 1 is 0.595 bits per heavy atom. The van der Waals surface area contributed by atoms with Crippen molar-refractivity contribution < 1.29 is 14.7 Å². The van der Waals surface area contributed by atoms with Crippen LogP contribution in [0.2, 0.25) is 0 Å². The monoisotopic (exact) mass is 482 g/mol. The molecule has 37 heavy (non-hydrogen) atoms. The first kappa shape index (κ1) is 23.4. The quantitative estimate of drug-likeness (QED) is 0.237. The van der Waals surface area contributed by atoms with Crippen LogP contribution in [0.4, 0.5) is 17.1 Å². The Labute approximate surface area is 214 Å². The lowest BCUT2D eigenvalue weighted by Crippen LogP contribution is -2.16. The third-order valence-corrected chi connectivity index (χ3v) is 5.81. The molecular formula is C32H22N2O3. The molecule has 0 saturated carbocycles. The normalized spacial score (nSPS) is 10.3. The van der Waals surface area contributed by atoms with Gasteiger partial charge in [-0.25, -0.2) is 4.79 Å². The number of aromatic carboxylic acids is 1. The fourth-order valence-corrected chi connectivity index (χ4v) is 3.98. The number of amides is 1. The van der Waals surface area contributed by atoms with Crippen LogP contribution in [0, 0.1) is 11.8 Å². The summed E-state index contributed by atoms with van der Waals surface area (Å²) in [4.78, 5) is 25.4. The lowest BCUT2D eigenvalue weighted by atomic mass is 10.0. The van der Waals surface area contributed by atoms with E-state index in [9.17, 15) is 14.7 Å². The highest BCUT2D eigenvalue weighted by Gasteiger charge is 2.18. The molecule has 5 aromatic carbocycles. The van der Waals surface area contributed by atoms with E-state index in [2.05, 4.69) is 22.5 Å². The zero-order chi connectivity index (χ0) is 25.6. The summed E-state index contributed by atoms with van der Waals surface area (Å²) >= 11 is 0. The van der Waals surface area contributed by atoms with E-state index in [4.69, 9.17) is 0 Å². The van der Waals surface area contributed by atoms with Crippen LogP contribution in [0.1, 0.15) is 31.8 Å². The third-order valence-electron chi connectivity index (χ3n) is 5.81. The fourth-order valence-electron chi connectivity index (χ4n) is 3.98. The van der Waals surface area contributed by atoms with Gasteiger partial charge in [-0.1, -0.05) is 72.5 Å². The number of carbonyl (C=O) groups is 2. The Hall–Kier alpha value is -5.34. The summed E-state index contributed by atoms with van der Waals surface area (Å²) in [7, 11) is 0. The largest absolute Gasteiger partial charge is 0.478 e. The summed E-state index contributed by atoms with van der Waals surface area (Å²) in [5.74, 6) is 4.73. The Kier molecular flexibility index (Phi) is 6.65. The molecule has 3 N–H and O–H groups in total. The number of fused-ring (bicyclic) bond motifs is 1.